The molecule has 5 rings (SSSR count). The number of carbonyl (C=O) groups is 1. The van der Waals surface area contributed by atoms with Gasteiger partial charge in [0.2, 0.25) is 0 Å². The van der Waals surface area contributed by atoms with Gasteiger partial charge in [-0.25, -0.2) is 0 Å². The lowest BCUT2D eigenvalue weighted by Crippen LogP contribution is -2.67. The van der Waals surface area contributed by atoms with Gasteiger partial charge < -0.3 is 19.4 Å². The second-order valence-corrected chi connectivity index (χ2v) is 8.14. The standard InChI is InChI=1S/C23H25N3O3/c1-16-5-4-6-17(25-16)13-28-18-9-10-29-23(11-18)14-26(15-23)22(27)20-12-24-21-8-3-2-7-19(20)21/h2-8,12,18,24H,9-11,13-15H2,1H3. The lowest BCUT2D eigenvalue weighted by molar-refractivity contribution is -0.188. The number of aromatic amines is 1. The summed E-state index contributed by atoms with van der Waals surface area (Å²) in [5.41, 5.74) is 3.39. The largest absolute Gasteiger partial charge is 0.372 e. The predicted molar refractivity (Wildman–Crippen MR) is 110 cm³/mol. The summed E-state index contributed by atoms with van der Waals surface area (Å²) in [6.07, 6.45) is 3.64. The van der Waals surface area contributed by atoms with E-state index in [1.807, 2.05) is 54.3 Å². The van der Waals surface area contributed by atoms with Crippen molar-refractivity contribution in [1.29, 1.82) is 0 Å². The Bertz CT molecular complexity index is 1040. The highest BCUT2D eigenvalue weighted by Gasteiger charge is 2.49. The lowest BCUT2D eigenvalue weighted by Gasteiger charge is -2.53. The van der Waals surface area contributed by atoms with Crippen LogP contribution in [-0.4, -0.2) is 52.2 Å². The number of fused-ring (bicyclic) bond motifs is 1. The van der Waals surface area contributed by atoms with Crippen LogP contribution in [0.1, 0.15) is 34.6 Å². The highest BCUT2D eigenvalue weighted by molar-refractivity contribution is 6.07. The number of para-hydroxylation sites is 1. The summed E-state index contributed by atoms with van der Waals surface area (Å²) < 4.78 is 12.2. The minimum absolute atomic E-state index is 0.0590. The van der Waals surface area contributed by atoms with Gasteiger partial charge in [-0.05, 0) is 31.5 Å². The number of hydrogen-bond donors (Lipinski definition) is 1. The summed E-state index contributed by atoms with van der Waals surface area (Å²) in [5, 5.41) is 0.967. The van der Waals surface area contributed by atoms with E-state index in [1.165, 1.54) is 0 Å². The van der Waals surface area contributed by atoms with Crippen LogP contribution in [-0.2, 0) is 16.1 Å². The first-order valence-corrected chi connectivity index (χ1v) is 10.2. The summed E-state index contributed by atoms with van der Waals surface area (Å²) in [4.78, 5) is 22.5. The summed E-state index contributed by atoms with van der Waals surface area (Å²) in [7, 11) is 0. The molecule has 3 aromatic rings. The topological polar surface area (TPSA) is 67.5 Å². The van der Waals surface area contributed by atoms with Gasteiger partial charge in [0.25, 0.3) is 5.91 Å². The molecule has 0 saturated carbocycles. The van der Waals surface area contributed by atoms with Gasteiger partial charge in [-0.2, -0.15) is 0 Å². The van der Waals surface area contributed by atoms with Gasteiger partial charge in [-0.15, -0.1) is 0 Å². The van der Waals surface area contributed by atoms with Crippen LogP contribution in [0, 0.1) is 6.92 Å². The molecule has 2 fully saturated rings. The van der Waals surface area contributed by atoms with E-state index < -0.39 is 0 Å². The Labute approximate surface area is 169 Å². The predicted octanol–water partition coefficient (Wildman–Crippen LogP) is 3.46. The fourth-order valence-electron chi connectivity index (χ4n) is 4.44. The summed E-state index contributed by atoms with van der Waals surface area (Å²) >= 11 is 0. The Kier molecular flexibility index (Phi) is 4.60. The SMILES string of the molecule is Cc1cccc(COC2CCOC3(C2)CN(C(=O)c2c[nH]c4ccccc24)C3)n1. The third-order valence-electron chi connectivity index (χ3n) is 5.93. The molecule has 2 aliphatic rings. The lowest BCUT2D eigenvalue weighted by atomic mass is 9.84. The highest BCUT2D eigenvalue weighted by atomic mass is 16.5. The van der Waals surface area contributed by atoms with E-state index in [-0.39, 0.29) is 17.6 Å². The van der Waals surface area contributed by atoms with Crippen LogP contribution in [0.25, 0.3) is 10.9 Å². The monoisotopic (exact) mass is 391 g/mol. The molecular formula is C23H25N3O3. The average Bonchev–Trinajstić information content (AvgIpc) is 3.14. The maximum absolute atomic E-state index is 13.0. The second kappa shape index (κ2) is 7.28. The number of amides is 1. The number of H-pyrrole nitrogens is 1. The van der Waals surface area contributed by atoms with E-state index in [0.29, 0.717) is 26.3 Å². The molecule has 2 aromatic heterocycles. The highest BCUT2D eigenvalue weighted by Crippen LogP contribution is 2.37. The molecule has 29 heavy (non-hydrogen) atoms. The number of aryl methyl sites for hydroxylation is 1. The van der Waals surface area contributed by atoms with Gasteiger partial charge in [0, 0.05) is 35.8 Å². The van der Waals surface area contributed by atoms with Crippen LogP contribution in [0.15, 0.2) is 48.7 Å². The minimum atomic E-state index is -0.273. The van der Waals surface area contributed by atoms with Crippen molar-refractivity contribution in [3.63, 3.8) is 0 Å². The molecule has 2 saturated heterocycles. The Morgan fingerprint density at radius 2 is 2.14 bits per heavy atom. The third-order valence-corrected chi connectivity index (χ3v) is 5.93. The quantitative estimate of drug-likeness (QED) is 0.740. The van der Waals surface area contributed by atoms with E-state index >= 15 is 0 Å². The van der Waals surface area contributed by atoms with E-state index in [4.69, 9.17) is 9.47 Å². The van der Waals surface area contributed by atoms with Crippen LogP contribution >= 0.6 is 0 Å². The Hall–Kier alpha value is -2.70. The molecule has 1 spiro atoms. The summed E-state index contributed by atoms with van der Waals surface area (Å²) in [6.45, 7) is 4.41. The van der Waals surface area contributed by atoms with Crippen molar-refractivity contribution >= 4 is 16.8 Å². The van der Waals surface area contributed by atoms with Crippen LogP contribution in [0.4, 0.5) is 0 Å². The molecule has 150 valence electrons. The number of nitrogens with zero attached hydrogens (tertiary/aromatic N) is 2. The molecule has 0 aliphatic carbocycles. The van der Waals surface area contributed by atoms with Gasteiger partial charge >= 0.3 is 0 Å². The van der Waals surface area contributed by atoms with Crippen molar-refractivity contribution in [2.75, 3.05) is 19.7 Å². The number of hydrogen-bond acceptors (Lipinski definition) is 4. The number of carbonyl (C=O) groups excluding carboxylic acids is 1. The molecule has 1 atom stereocenters. The Morgan fingerprint density at radius 3 is 3.00 bits per heavy atom. The number of pyridine rings is 1. The number of likely N-dealkylation sites (tertiary alicyclic amines) is 1. The van der Waals surface area contributed by atoms with Crippen molar-refractivity contribution in [2.45, 2.75) is 38.1 Å². The van der Waals surface area contributed by atoms with Crippen molar-refractivity contribution in [3.05, 3.63) is 65.6 Å². The molecule has 2 aliphatic heterocycles. The molecule has 4 heterocycles. The molecule has 1 amide bonds. The van der Waals surface area contributed by atoms with Crippen molar-refractivity contribution in [2.24, 2.45) is 0 Å². The zero-order chi connectivity index (χ0) is 19.8. The van der Waals surface area contributed by atoms with E-state index in [2.05, 4.69) is 9.97 Å². The number of aromatic nitrogens is 2. The van der Waals surface area contributed by atoms with E-state index in [1.54, 1.807) is 6.20 Å². The molecule has 1 N–H and O–H groups in total. The van der Waals surface area contributed by atoms with Gasteiger partial charge in [-0.1, -0.05) is 24.3 Å². The van der Waals surface area contributed by atoms with Crippen LogP contribution in [0.3, 0.4) is 0 Å². The van der Waals surface area contributed by atoms with E-state index in [9.17, 15) is 4.79 Å². The zero-order valence-corrected chi connectivity index (χ0v) is 16.6. The molecule has 0 radical (unpaired) electrons. The van der Waals surface area contributed by atoms with Crippen molar-refractivity contribution in [3.8, 4) is 0 Å². The third kappa shape index (κ3) is 3.54. The number of nitrogens with one attached hydrogen (secondary N) is 1. The van der Waals surface area contributed by atoms with E-state index in [0.717, 1.165) is 40.7 Å². The smallest absolute Gasteiger partial charge is 0.256 e. The first kappa shape index (κ1) is 18.3. The molecular weight excluding hydrogens is 366 g/mol. The van der Waals surface area contributed by atoms with Crippen molar-refractivity contribution in [1.82, 2.24) is 14.9 Å². The fraction of sp³-hybridized carbons (Fsp3) is 0.391. The normalized spacial score (nSPS) is 20.7. The number of rotatable bonds is 4. The fourth-order valence-corrected chi connectivity index (χ4v) is 4.44. The number of ether oxygens (including phenoxy) is 2. The Balaban J connectivity index is 1.20. The molecule has 0 bridgehead atoms. The maximum Gasteiger partial charge on any atom is 0.256 e. The molecule has 6 nitrogen and oxygen atoms in total. The second-order valence-electron chi connectivity index (χ2n) is 8.14. The van der Waals surface area contributed by atoms with Gasteiger partial charge in [0.05, 0.1) is 37.1 Å². The van der Waals surface area contributed by atoms with Crippen molar-refractivity contribution < 1.29 is 14.3 Å². The maximum atomic E-state index is 13.0. The molecule has 1 aromatic carbocycles. The Morgan fingerprint density at radius 1 is 1.28 bits per heavy atom. The zero-order valence-electron chi connectivity index (χ0n) is 16.6. The average molecular weight is 391 g/mol. The summed E-state index contributed by atoms with van der Waals surface area (Å²) in [6, 6.07) is 13.9. The van der Waals surface area contributed by atoms with Crippen LogP contribution in [0.2, 0.25) is 0 Å². The first-order valence-electron chi connectivity index (χ1n) is 10.2. The minimum Gasteiger partial charge on any atom is -0.372 e. The molecule has 1 unspecified atom stereocenters. The van der Waals surface area contributed by atoms with Crippen LogP contribution in [0.5, 0.6) is 0 Å². The van der Waals surface area contributed by atoms with Gasteiger partial charge in [-0.3, -0.25) is 9.78 Å². The summed E-state index contributed by atoms with van der Waals surface area (Å²) in [5.74, 6) is 0.0590. The number of benzene rings is 1. The first-order chi connectivity index (χ1) is 14.1. The van der Waals surface area contributed by atoms with Crippen LogP contribution < -0.4 is 0 Å². The van der Waals surface area contributed by atoms with Gasteiger partial charge in [0.15, 0.2) is 0 Å². The molecule has 6 heteroatoms. The van der Waals surface area contributed by atoms with Gasteiger partial charge in [0.1, 0.15) is 5.60 Å².